The normalized spacial score (nSPS) is 19.0. The molecule has 0 aliphatic carbocycles. The third-order valence-corrected chi connectivity index (χ3v) is 5.12. The molecule has 0 bridgehead atoms. The number of aliphatic carboxylic acids is 1. The Morgan fingerprint density at radius 3 is 2.76 bits per heavy atom. The Labute approximate surface area is 130 Å². The maximum Gasteiger partial charge on any atom is 0.307 e. The monoisotopic (exact) mass is 335 g/mol. The van der Waals surface area contributed by atoms with Gasteiger partial charge in [0.05, 0.1) is 17.4 Å². The second kappa shape index (κ2) is 7.11. The van der Waals surface area contributed by atoms with Crippen LogP contribution in [0.1, 0.15) is 13.3 Å². The summed E-state index contributed by atoms with van der Waals surface area (Å²) < 4.78 is 31.4. The van der Waals surface area contributed by atoms with Crippen molar-refractivity contribution < 1.29 is 23.1 Å². The molecule has 1 N–H and O–H groups in total. The van der Waals surface area contributed by atoms with Gasteiger partial charge in [-0.2, -0.15) is 4.31 Å². The van der Waals surface area contributed by atoms with E-state index in [0.29, 0.717) is 18.8 Å². The van der Waals surface area contributed by atoms with Gasteiger partial charge in [0.25, 0.3) is 0 Å². The van der Waals surface area contributed by atoms with Crippen molar-refractivity contribution >= 4 is 28.4 Å². The molecule has 1 saturated heterocycles. The van der Waals surface area contributed by atoms with Crippen LogP contribution < -0.4 is 4.74 Å². The first-order chi connectivity index (χ1) is 9.45. The first-order valence-corrected chi connectivity index (χ1v) is 7.85. The molecule has 2 rings (SSSR count). The summed E-state index contributed by atoms with van der Waals surface area (Å²) in [7, 11) is -3.66. The highest BCUT2D eigenvalue weighted by Crippen LogP contribution is 2.26. The van der Waals surface area contributed by atoms with Crippen LogP contribution in [-0.4, -0.2) is 43.5 Å². The first-order valence-electron chi connectivity index (χ1n) is 6.41. The van der Waals surface area contributed by atoms with E-state index in [1.165, 1.54) is 16.4 Å². The minimum atomic E-state index is -3.66. The Kier molecular flexibility index (Phi) is 6.00. The summed E-state index contributed by atoms with van der Waals surface area (Å²) in [5, 5.41) is 8.94. The molecular weight excluding hydrogens is 318 g/mol. The number of rotatable bonds is 5. The van der Waals surface area contributed by atoms with Crippen LogP contribution >= 0.6 is 12.4 Å². The van der Waals surface area contributed by atoms with Gasteiger partial charge >= 0.3 is 5.97 Å². The quantitative estimate of drug-likeness (QED) is 0.883. The van der Waals surface area contributed by atoms with Gasteiger partial charge in [0.1, 0.15) is 5.75 Å². The lowest BCUT2D eigenvalue weighted by atomic mass is 10.1. The maximum atomic E-state index is 12.4. The number of carboxylic acid groups (broad SMARTS) is 1. The molecule has 0 amide bonds. The van der Waals surface area contributed by atoms with Crippen molar-refractivity contribution in [1.29, 1.82) is 0 Å². The summed E-state index contributed by atoms with van der Waals surface area (Å²) in [5.41, 5.74) is 0. The van der Waals surface area contributed by atoms with E-state index in [1.807, 2.05) is 6.92 Å². The van der Waals surface area contributed by atoms with Crippen molar-refractivity contribution in [3.63, 3.8) is 0 Å². The molecule has 1 fully saturated rings. The highest BCUT2D eigenvalue weighted by atomic mass is 35.5. The zero-order valence-electron chi connectivity index (χ0n) is 11.6. The van der Waals surface area contributed by atoms with Crippen LogP contribution in [0.2, 0.25) is 0 Å². The lowest BCUT2D eigenvalue weighted by molar-refractivity contribution is -0.141. The minimum absolute atomic E-state index is 0. The van der Waals surface area contributed by atoms with E-state index in [0.717, 1.165) is 0 Å². The smallest absolute Gasteiger partial charge is 0.307 e. The van der Waals surface area contributed by atoms with Gasteiger partial charge in [-0.3, -0.25) is 4.79 Å². The molecule has 0 spiro atoms. The zero-order valence-corrected chi connectivity index (χ0v) is 13.2. The third-order valence-electron chi connectivity index (χ3n) is 3.25. The second-order valence-electron chi connectivity index (χ2n) is 4.59. The highest BCUT2D eigenvalue weighted by Gasteiger charge is 2.35. The number of nitrogens with zero attached hydrogens (tertiary/aromatic N) is 1. The van der Waals surface area contributed by atoms with Crippen LogP contribution in [0.25, 0.3) is 0 Å². The Hall–Kier alpha value is -1.31. The van der Waals surface area contributed by atoms with Crippen molar-refractivity contribution in [1.82, 2.24) is 4.31 Å². The van der Waals surface area contributed by atoms with Crippen LogP contribution in [0.4, 0.5) is 0 Å². The molecule has 1 aromatic rings. The average Bonchev–Trinajstić information content (AvgIpc) is 2.90. The summed E-state index contributed by atoms with van der Waals surface area (Å²) in [4.78, 5) is 11.0. The van der Waals surface area contributed by atoms with Crippen molar-refractivity contribution in [2.75, 3.05) is 19.7 Å². The maximum absolute atomic E-state index is 12.4. The van der Waals surface area contributed by atoms with Gasteiger partial charge in [0.15, 0.2) is 0 Å². The molecule has 1 unspecified atom stereocenters. The lowest BCUT2D eigenvalue weighted by Gasteiger charge is -2.16. The Bertz CT molecular complexity index is 604. The summed E-state index contributed by atoms with van der Waals surface area (Å²) in [6.07, 6.45) is 0.347. The summed E-state index contributed by atoms with van der Waals surface area (Å²) in [6.45, 7) is 2.53. The minimum Gasteiger partial charge on any atom is -0.494 e. The first kappa shape index (κ1) is 17.7. The van der Waals surface area contributed by atoms with E-state index in [4.69, 9.17) is 9.84 Å². The molecule has 21 heavy (non-hydrogen) atoms. The van der Waals surface area contributed by atoms with Crippen molar-refractivity contribution in [2.24, 2.45) is 5.92 Å². The van der Waals surface area contributed by atoms with Gasteiger partial charge in [0.2, 0.25) is 10.0 Å². The second-order valence-corrected chi connectivity index (χ2v) is 6.53. The van der Waals surface area contributed by atoms with E-state index in [2.05, 4.69) is 0 Å². The van der Waals surface area contributed by atoms with Gasteiger partial charge in [-0.15, -0.1) is 12.4 Å². The molecule has 1 atom stereocenters. The number of sulfonamides is 1. The van der Waals surface area contributed by atoms with Gasteiger partial charge in [-0.05, 0) is 25.5 Å². The van der Waals surface area contributed by atoms with Crippen molar-refractivity contribution in [3.8, 4) is 5.75 Å². The highest BCUT2D eigenvalue weighted by molar-refractivity contribution is 7.89. The number of hydrogen-bond donors (Lipinski definition) is 1. The number of hydrogen-bond acceptors (Lipinski definition) is 4. The molecule has 0 radical (unpaired) electrons. The summed E-state index contributed by atoms with van der Waals surface area (Å²) in [5.74, 6) is -1.09. The van der Waals surface area contributed by atoms with E-state index in [1.54, 1.807) is 12.1 Å². The molecule has 0 saturated carbocycles. The predicted octanol–water partition coefficient (Wildman–Crippen LogP) is 1.60. The summed E-state index contributed by atoms with van der Waals surface area (Å²) in [6, 6.07) is 6.26. The molecule has 1 aromatic carbocycles. The number of carboxylic acids is 1. The van der Waals surface area contributed by atoms with Crippen molar-refractivity contribution in [3.05, 3.63) is 24.3 Å². The van der Waals surface area contributed by atoms with Gasteiger partial charge in [-0.25, -0.2) is 8.42 Å². The summed E-state index contributed by atoms with van der Waals surface area (Å²) >= 11 is 0. The molecular formula is C13H18ClNO5S. The largest absolute Gasteiger partial charge is 0.494 e. The standard InChI is InChI=1S/C13H17NO5S.ClH/c1-2-19-11-4-3-5-12(8-11)20(17,18)14-7-6-10(9-14)13(15)16;/h3-5,8,10H,2,6-7,9H2,1H3,(H,15,16);1H. The molecule has 6 nitrogen and oxygen atoms in total. The number of halogens is 1. The third kappa shape index (κ3) is 3.87. The molecule has 1 aliphatic rings. The van der Waals surface area contributed by atoms with E-state index in [-0.39, 0.29) is 30.4 Å². The fourth-order valence-corrected chi connectivity index (χ4v) is 3.72. The van der Waals surface area contributed by atoms with Gasteiger partial charge in [-0.1, -0.05) is 6.07 Å². The van der Waals surface area contributed by atoms with Crippen LogP contribution in [0.3, 0.4) is 0 Å². The number of ether oxygens (including phenoxy) is 1. The number of benzene rings is 1. The zero-order chi connectivity index (χ0) is 14.8. The molecule has 8 heteroatoms. The molecule has 0 aromatic heterocycles. The van der Waals surface area contributed by atoms with Crippen LogP contribution in [0, 0.1) is 5.92 Å². The Morgan fingerprint density at radius 1 is 1.48 bits per heavy atom. The SMILES string of the molecule is CCOc1cccc(S(=O)(=O)N2CCC(C(=O)O)C2)c1.Cl. The van der Waals surface area contributed by atoms with E-state index < -0.39 is 21.9 Å². The Balaban J connectivity index is 0.00000220. The van der Waals surface area contributed by atoms with Crippen molar-refractivity contribution in [2.45, 2.75) is 18.2 Å². The van der Waals surface area contributed by atoms with E-state index in [9.17, 15) is 13.2 Å². The van der Waals surface area contributed by atoms with Gasteiger partial charge < -0.3 is 9.84 Å². The predicted molar refractivity (Wildman–Crippen MR) is 79.4 cm³/mol. The van der Waals surface area contributed by atoms with Crippen LogP contribution in [-0.2, 0) is 14.8 Å². The fraction of sp³-hybridized carbons (Fsp3) is 0.462. The molecule has 118 valence electrons. The average molecular weight is 336 g/mol. The molecule has 1 heterocycles. The Morgan fingerprint density at radius 2 is 2.19 bits per heavy atom. The topological polar surface area (TPSA) is 83.9 Å². The van der Waals surface area contributed by atoms with Crippen LogP contribution in [0.5, 0.6) is 5.75 Å². The van der Waals surface area contributed by atoms with Gasteiger partial charge in [0, 0.05) is 19.2 Å². The fourth-order valence-electron chi connectivity index (χ4n) is 2.19. The molecule has 1 aliphatic heterocycles. The number of carbonyl (C=O) groups is 1. The van der Waals surface area contributed by atoms with E-state index >= 15 is 0 Å². The van der Waals surface area contributed by atoms with Crippen LogP contribution in [0.15, 0.2) is 29.2 Å². The lowest BCUT2D eigenvalue weighted by Crippen LogP contribution is -2.30.